The molecule has 1 heterocycles. The van der Waals surface area contributed by atoms with Gasteiger partial charge >= 0.3 is 0 Å². The zero-order valence-corrected chi connectivity index (χ0v) is 17.8. The number of guanidine groups is 1. The Bertz CT molecular complexity index is 747. The van der Waals surface area contributed by atoms with Gasteiger partial charge in [0.25, 0.3) is 0 Å². The molecule has 0 amide bonds. The van der Waals surface area contributed by atoms with Gasteiger partial charge in [0.05, 0.1) is 31.1 Å². The zero-order valence-electron chi connectivity index (χ0n) is 17.8. The maximum absolute atomic E-state index is 5.60. The number of aliphatic imine (C=N–C) groups is 1. The topological polar surface area (TPSA) is 72.7 Å². The molecular weight excluding hydrogens is 354 g/mol. The summed E-state index contributed by atoms with van der Waals surface area (Å²) in [7, 11) is 3.40. The van der Waals surface area contributed by atoms with Crippen molar-refractivity contribution >= 4 is 5.96 Å². The van der Waals surface area contributed by atoms with E-state index in [-0.39, 0.29) is 11.5 Å². The second kappa shape index (κ2) is 10.1. The molecule has 0 radical (unpaired) electrons. The number of aromatic nitrogens is 2. The Morgan fingerprint density at radius 2 is 1.86 bits per heavy atom. The van der Waals surface area contributed by atoms with E-state index in [1.54, 1.807) is 14.2 Å². The van der Waals surface area contributed by atoms with Crippen LogP contribution in [-0.2, 0) is 11.3 Å². The van der Waals surface area contributed by atoms with E-state index < -0.39 is 0 Å². The Kier molecular flexibility index (Phi) is 7.87. The molecule has 0 bridgehead atoms. The third-order valence-corrected chi connectivity index (χ3v) is 4.43. The molecule has 2 rings (SSSR count). The molecule has 0 saturated carbocycles. The van der Waals surface area contributed by atoms with E-state index in [2.05, 4.69) is 41.5 Å². The van der Waals surface area contributed by atoms with Crippen molar-refractivity contribution in [3.63, 3.8) is 0 Å². The monoisotopic (exact) mass is 387 g/mol. The van der Waals surface area contributed by atoms with Crippen molar-refractivity contribution in [3.8, 4) is 11.4 Å². The fourth-order valence-corrected chi connectivity index (χ4v) is 2.76. The van der Waals surface area contributed by atoms with Gasteiger partial charge in [-0.2, -0.15) is 5.10 Å². The first-order chi connectivity index (χ1) is 13.4. The summed E-state index contributed by atoms with van der Waals surface area (Å²) in [5, 5.41) is 11.2. The Hall–Kier alpha value is -2.54. The molecule has 7 nitrogen and oxygen atoms in total. The van der Waals surface area contributed by atoms with Gasteiger partial charge in [0.15, 0.2) is 5.96 Å². The first-order valence-electron chi connectivity index (χ1n) is 9.61. The number of benzene rings is 1. The number of methoxy groups -OCH3 is 2. The molecule has 0 spiro atoms. The SMILES string of the molecule is CCNC(=NCc1ccn(-c2ccc(OC)cc2)n1)NCC(OC)C(C)(C)C. The van der Waals surface area contributed by atoms with Crippen LogP contribution in [0.15, 0.2) is 41.5 Å². The van der Waals surface area contributed by atoms with E-state index in [9.17, 15) is 0 Å². The van der Waals surface area contributed by atoms with E-state index in [0.29, 0.717) is 13.1 Å². The van der Waals surface area contributed by atoms with Crippen molar-refractivity contribution in [2.24, 2.45) is 10.4 Å². The summed E-state index contributed by atoms with van der Waals surface area (Å²) in [5.41, 5.74) is 1.93. The predicted molar refractivity (Wildman–Crippen MR) is 113 cm³/mol. The molecule has 154 valence electrons. The van der Waals surface area contributed by atoms with E-state index in [0.717, 1.165) is 29.6 Å². The molecule has 1 atom stereocenters. The lowest BCUT2D eigenvalue weighted by Gasteiger charge is -2.30. The molecule has 2 N–H and O–H groups in total. The van der Waals surface area contributed by atoms with Crippen LogP contribution in [0.3, 0.4) is 0 Å². The van der Waals surface area contributed by atoms with Crippen molar-refractivity contribution in [2.75, 3.05) is 27.3 Å². The van der Waals surface area contributed by atoms with Gasteiger partial charge in [-0.3, -0.25) is 0 Å². The van der Waals surface area contributed by atoms with Crippen LogP contribution >= 0.6 is 0 Å². The summed E-state index contributed by atoms with van der Waals surface area (Å²) >= 11 is 0. The lowest BCUT2D eigenvalue weighted by Crippen LogP contribution is -2.45. The lowest BCUT2D eigenvalue weighted by molar-refractivity contribution is 0.0205. The van der Waals surface area contributed by atoms with Gasteiger partial charge in [0.1, 0.15) is 5.75 Å². The summed E-state index contributed by atoms with van der Waals surface area (Å²) in [6, 6.07) is 9.77. The van der Waals surface area contributed by atoms with E-state index in [1.165, 1.54) is 0 Å². The third kappa shape index (κ3) is 6.27. The zero-order chi connectivity index (χ0) is 20.6. The molecule has 0 fully saturated rings. The summed E-state index contributed by atoms with van der Waals surface area (Å²) in [6.07, 6.45) is 2.03. The van der Waals surface area contributed by atoms with E-state index >= 15 is 0 Å². The molecule has 7 heteroatoms. The van der Waals surface area contributed by atoms with Gasteiger partial charge in [0, 0.05) is 26.4 Å². The van der Waals surface area contributed by atoms with Crippen LogP contribution in [0.25, 0.3) is 5.69 Å². The molecule has 1 aromatic heterocycles. The molecule has 0 saturated heterocycles. The highest BCUT2D eigenvalue weighted by Gasteiger charge is 2.24. The standard InChI is InChI=1S/C21H33N5O2/c1-7-22-20(24-15-19(28-6)21(2,3)4)23-14-16-12-13-26(25-16)17-8-10-18(27-5)11-9-17/h8-13,19H,7,14-15H2,1-6H3,(H2,22,23,24). The van der Waals surface area contributed by atoms with Gasteiger partial charge < -0.3 is 20.1 Å². The van der Waals surface area contributed by atoms with Crippen LogP contribution in [0.5, 0.6) is 5.75 Å². The van der Waals surface area contributed by atoms with Crippen LogP contribution in [0.1, 0.15) is 33.4 Å². The fraction of sp³-hybridized carbons (Fsp3) is 0.524. The van der Waals surface area contributed by atoms with Crippen molar-refractivity contribution in [2.45, 2.75) is 40.3 Å². The number of ether oxygens (including phenoxy) is 2. The van der Waals surface area contributed by atoms with Gasteiger partial charge in [-0.05, 0) is 42.7 Å². The maximum atomic E-state index is 5.60. The molecule has 2 aromatic rings. The third-order valence-electron chi connectivity index (χ3n) is 4.43. The molecule has 28 heavy (non-hydrogen) atoms. The summed E-state index contributed by atoms with van der Waals surface area (Å²) in [6.45, 7) is 10.5. The minimum Gasteiger partial charge on any atom is -0.497 e. The smallest absolute Gasteiger partial charge is 0.191 e. The van der Waals surface area contributed by atoms with Crippen LogP contribution in [0.4, 0.5) is 0 Å². The minimum atomic E-state index is 0.0518. The molecular formula is C21H33N5O2. The largest absolute Gasteiger partial charge is 0.497 e. The number of hydrogen-bond acceptors (Lipinski definition) is 4. The van der Waals surface area contributed by atoms with Crippen LogP contribution < -0.4 is 15.4 Å². The highest BCUT2D eigenvalue weighted by atomic mass is 16.5. The van der Waals surface area contributed by atoms with E-state index in [1.807, 2.05) is 48.1 Å². The second-order valence-electron chi connectivity index (χ2n) is 7.62. The average Bonchev–Trinajstić information content (AvgIpc) is 3.14. The van der Waals surface area contributed by atoms with Crippen molar-refractivity contribution in [1.82, 2.24) is 20.4 Å². The first-order valence-corrected chi connectivity index (χ1v) is 9.61. The van der Waals surface area contributed by atoms with Crippen molar-refractivity contribution in [1.29, 1.82) is 0 Å². The van der Waals surface area contributed by atoms with Gasteiger partial charge in [-0.1, -0.05) is 20.8 Å². The molecule has 0 aliphatic heterocycles. The molecule has 1 unspecified atom stereocenters. The second-order valence-corrected chi connectivity index (χ2v) is 7.62. The number of nitrogens with zero attached hydrogens (tertiary/aromatic N) is 3. The quantitative estimate of drug-likeness (QED) is 0.538. The molecule has 0 aliphatic carbocycles. The van der Waals surface area contributed by atoms with Gasteiger partial charge in [-0.25, -0.2) is 9.67 Å². The van der Waals surface area contributed by atoms with Crippen LogP contribution in [0, 0.1) is 5.41 Å². The average molecular weight is 388 g/mol. The van der Waals surface area contributed by atoms with Crippen molar-refractivity contribution in [3.05, 3.63) is 42.2 Å². The minimum absolute atomic E-state index is 0.0518. The summed E-state index contributed by atoms with van der Waals surface area (Å²) in [5.74, 6) is 1.58. The Morgan fingerprint density at radius 3 is 2.43 bits per heavy atom. The molecule has 0 aliphatic rings. The van der Waals surface area contributed by atoms with Crippen molar-refractivity contribution < 1.29 is 9.47 Å². The normalized spacial score (nSPS) is 13.3. The number of hydrogen-bond donors (Lipinski definition) is 2. The van der Waals surface area contributed by atoms with Crippen LogP contribution in [0.2, 0.25) is 0 Å². The Morgan fingerprint density at radius 1 is 1.14 bits per heavy atom. The highest BCUT2D eigenvalue weighted by molar-refractivity contribution is 5.79. The first kappa shape index (κ1) is 21.8. The summed E-state index contributed by atoms with van der Waals surface area (Å²) in [4.78, 5) is 4.65. The highest BCUT2D eigenvalue weighted by Crippen LogP contribution is 2.21. The molecule has 1 aromatic carbocycles. The lowest BCUT2D eigenvalue weighted by atomic mass is 9.89. The Balaban J connectivity index is 2.01. The summed E-state index contributed by atoms with van der Waals surface area (Å²) < 4.78 is 12.6. The Labute approximate surface area is 168 Å². The van der Waals surface area contributed by atoms with Gasteiger partial charge in [-0.15, -0.1) is 0 Å². The van der Waals surface area contributed by atoms with Gasteiger partial charge in [0.2, 0.25) is 0 Å². The fourth-order valence-electron chi connectivity index (χ4n) is 2.76. The maximum Gasteiger partial charge on any atom is 0.191 e. The van der Waals surface area contributed by atoms with Crippen LogP contribution in [-0.4, -0.2) is 49.2 Å². The van der Waals surface area contributed by atoms with E-state index in [4.69, 9.17) is 9.47 Å². The number of nitrogens with one attached hydrogen (secondary N) is 2. The predicted octanol–water partition coefficient (Wildman–Crippen LogP) is 3.00. The number of rotatable bonds is 8.